The van der Waals surface area contributed by atoms with Gasteiger partial charge in [0.1, 0.15) is 5.75 Å². The Balaban J connectivity index is 1.96. The van der Waals surface area contributed by atoms with Gasteiger partial charge in [-0.25, -0.2) is 0 Å². The summed E-state index contributed by atoms with van der Waals surface area (Å²) >= 11 is 0. The monoisotopic (exact) mass is 278 g/mol. The first-order valence-electron chi connectivity index (χ1n) is 7.02. The highest BCUT2D eigenvalue weighted by molar-refractivity contribution is 5.97. The molecule has 0 aliphatic carbocycles. The lowest BCUT2D eigenvalue weighted by molar-refractivity contribution is 0.0121. The summed E-state index contributed by atoms with van der Waals surface area (Å²) in [7, 11) is 0. The average molecular weight is 278 g/mol. The van der Waals surface area contributed by atoms with E-state index in [0.29, 0.717) is 31.8 Å². The van der Waals surface area contributed by atoms with Crippen LogP contribution in [0.3, 0.4) is 0 Å². The summed E-state index contributed by atoms with van der Waals surface area (Å²) in [6.45, 7) is 4.31. The summed E-state index contributed by atoms with van der Waals surface area (Å²) < 4.78 is 5.60. The molecule has 0 unspecified atom stereocenters. The summed E-state index contributed by atoms with van der Waals surface area (Å²) in [5.74, 6) is -0.0643. The number of nitrogens with two attached hydrogens (primary N) is 1. The normalized spacial score (nSPS) is 16.4. The van der Waals surface area contributed by atoms with E-state index < -0.39 is 0 Å². The van der Waals surface area contributed by atoms with Crippen molar-refractivity contribution in [1.29, 1.82) is 0 Å². The molecule has 0 spiro atoms. The molecule has 2 rings (SSSR count). The molecule has 1 aromatic carbocycles. The summed E-state index contributed by atoms with van der Waals surface area (Å²) in [6.07, 6.45) is 1.82. The Morgan fingerprint density at radius 2 is 2.15 bits per heavy atom. The minimum atomic E-state index is -0.108. The maximum absolute atomic E-state index is 12.4. The number of carbonyl (C=O) groups is 1. The molecule has 20 heavy (non-hydrogen) atoms. The van der Waals surface area contributed by atoms with E-state index in [0.717, 1.165) is 18.4 Å². The first-order valence-corrected chi connectivity index (χ1v) is 7.02. The molecule has 5 nitrogen and oxygen atoms in total. The van der Waals surface area contributed by atoms with Gasteiger partial charge >= 0.3 is 0 Å². The van der Waals surface area contributed by atoms with E-state index in [1.165, 1.54) is 0 Å². The van der Waals surface area contributed by atoms with Crippen molar-refractivity contribution in [3.63, 3.8) is 0 Å². The molecule has 1 heterocycles. The van der Waals surface area contributed by atoms with Crippen molar-refractivity contribution in [2.24, 2.45) is 5.73 Å². The number of piperidine rings is 1. The largest absolute Gasteiger partial charge is 0.507 e. The number of hydrogen-bond acceptors (Lipinski definition) is 4. The fraction of sp³-hybridized carbons (Fsp3) is 0.533. The van der Waals surface area contributed by atoms with E-state index in [2.05, 4.69) is 0 Å². The van der Waals surface area contributed by atoms with Gasteiger partial charge in [-0.15, -0.1) is 0 Å². The molecule has 0 bridgehead atoms. The van der Waals surface area contributed by atoms with E-state index >= 15 is 0 Å². The van der Waals surface area contributed by atoms with Crippen LogP contribution in [0, 0.1) is 6.92 Å². The van der Waals surface area contributed by atoms with Crippen molar-refractivity contribution in [3.05, 3.63) is 29.3 Å². The number of phenolic OH excluding ortho intramolecular Hbond substituents is 1. The van der Waals surface area contributed by atoms with Crippen molar-refractivity contribution < 1.29 is 14.6 Å². The average Bonchev–Trinajstić information content (AvgIpc) is 2.47. The lowest BCUT2D eigenvalue weighted by atomic mass is 10.0. The number of aryl methyl sites for hydroxylation is 1. The predicted octanol–water partition coefficient (Wildman–Crippen LogP) is 1.28. The van der Waals surface area contributed by atoms with Crippen LogP contribution in [0.15, 0.2) is 18.2 Å². The highest BCUT2D eigenvalue weighted by Crippen LogP contribution is 2.22. The van der Waals surface area contributed by atoms with Gasteiger partial charge < -0.3 is 20.5 Å². The van der Waals surface area contributed by atoms with E-state index in [1.54, 1.807) is 23.1 Å². The Hall–Kier alpha value is -1.59. The van der Waals surface area contributed by atoms with Gasteiger partial charge in [0.2, 0.25) is 0 Å². The number of aromatic hydroxyl groups is 1. The second kappa shape index (κ2) is 6.72. The molecule has 0 saturated carbocycles. The molecule has 1 aromatic rings. The molecule has 1 aliphatic rings. The Bertz CT molecular complexity index is 468. The van der Waals surface area contributed by atoms with Crippen LogP contribution in [-0.4, -0.2) is 48.3 Å². The fourth-order valence-electron chi connectivity index (χ4n) is 2.45. The Morgan fingerprint density at radius 3 is 2.80 bits per heavy atom. The Morgan fingerprint density at radius 1 is 1.45 bits per heavy atom. The number of ether oxygens (including phenoxy) is 1. The molecular weight excluding hydrogens is 256 g/mol. The second-order valence-corrected chi connectivity index (χ2v) is 5.17. The third-order valence-electron chi connectivity index (χ3n) is 3.58. The number of likely N-dealkylation sites (tertiary alicyclic amines) is 1. The number of phenols is 1. The van der Waals surface area contributed by atoms with Crippen LogP contribution in [0.1, 0.15) is 28.8 Å². The third kappa shape index (κ3) is 3.49. The minimum absolute atomic E-state index is 0.0436. The number of nitrogens with zero attached hydrogens (tertiary/aromatic N) is 1. The first kappa shape index (κ1) is 14.8. The third-order valence-corrected chi connectivity index (χ3v) is 3.58. The lowest BCUT2D eigenvalue weighted by Gasteiger charge is -2.32. The molecule has 1 aliphatic heterocycles. The SMILES string of the molecule is Cc1ccc(O)c(C(=O)N2CCC(OCCN)CC2)c1. The zero-order chi connectivity index (χ0) is 14.5. The quantitative estimate of drug-likeness (QED) is 0.870. The number of rotatable bonds is 4. The van der Waals surface area contributed by atoms with Crippen LogP contribution in [0.2, 0.25) is 0 Å². The summed E-state index contributed by atoms with van der Waals surface area (Å²) in [5.41, 5.74) is 6.76. The maximum Gasteiger partial charge on any atom is 0.257 e. The fourth-order valence-corrected chi connectivity index (χ4v) is 2.45. The molecule has 0 aromatic heterocycles. The smallest absolute Gasteiger partial charge is 0.257 e. The summed E-state index contributed by atoms with van der Waals surface area (Å²) in [5, 5.41) is 9.82. The van der Waals surface area contributed by atoms with Crippen LogP contribution < -0.4 is 5.73 Å². The van der Waals surface area contributed by atoms with Gasteiger partial charge in [0.05, 0.1) is 18.3 Å². The second-order valence-electron chi connectivity index (χ2n) is 5.17. The van der Waals surface area contributed by atoms with E-state index in [4.69, 9.17) is 10.5 Å². The number of amides is 1. The van der Waals surface area contributed by atoms with Crippen molar-refractivity contribution in [3.8, 4) is 5.75 Å². The number of benzene rings is 1. The topological polar surface area (TPSA) is 75.8 Å². The van der Waals surface area contributed by atoms with Gasteiger partial charge in [-0.2, -0.15) is 0 Å². The maximum atomic E-state index is 12.4. The Labute approximate surface area is 119 Å². The van der Waals surface area contributed by atoms with E-state index in [1.807, 2.05) is 6.92 Å². The highest BCUT2D eigenvalue weighted by atomic mass is 16.5. The molecule has 0 radical (unpaired) electrons. The van der Waals surface area contributed by atoms with E-state index in [9.17, 15) is 9.90 Å². The van der Waals surface area contributed by atoms with Crippen LogP contribution in [0.25, 0.3) is 0 Å². The molecule has 1 amide bonds. The van der Waals surface area contributed by atoms with Crippen LogP contribution >= 0.6 is 0 Å². The zero-order valence-electron chi connectivity index (χ0n) is 11.8. The molecule has 1 saturated heterocycles. The predicted molar refractivity (Wildman–Crippen MR) is 76.8 cm³/mol. The van der Waals surface area contributed by atoms with Gasteiger partial charge in [-0.3, -0.25) is 4.79 Å². The standard InChI is InChI=1S/C15H22N2O3/c1-11-2-3-14(18)13(10-11)15(19)17-7-4-12(5-8-17)20-9-6-16/h2-3,10,12,18H,4-9,16H2,1H3. The van der Waals surface area contributed by atoms with Crippen LogP contribution in [0.4, 0.5) is 0 Å². The van der Waals surface area contributed by atoms with Gasteiger partial charge in [0.25, 0.3) is 5.91 Å². The number of hydrogen-bond donors (Lipinski definition) is 2. The van der Waals surface area contributed by atoms with Crippen LogP contribution in [-0.2, 0) is 4.74 Å². The summed E-state index contributed by atoms with van der Waals surface area (Å²) in [6, 6.07) is 5.09. The highest BCUT2D eigenvalue weighted by Gasteiger charge is 2.25. The lowest BCUT2D eigenvalue weighted by Crippen LogP contribution is -2.41. The number of carbonyl (C=O) groups excluding carboxylic acids is 1. The van der Waals surface area contributed by atoms with Gasteiger partial charge in [-0.1, -0.05) is 11.6 Å². The minimum Gasteiger partial charge on any atom is -0.507 e. The van der Waals surface area contributed by atoms with Gasteiger partial charge in [0, 0.05) is 19.6 Å². The molecule has 110 valence electrons. The van der Waals surface area contributed by atoms with Crippen molar-refractivity contribution in [2.75, 3.05) is 26.2 Å². The first-order chi connectivity index (χ1) is 9.61. The zero-order valence-corrected chi connectivity index (χ0v) is 11.8. The molecule has 1 fully saturated rings. The van der Waals surface area contributed by atoms with E-state index in [-0.39, 0.29) is 17.8 Å². The van der Waals surface area contributed by atoms with Gasteiger partial charge in [-0.05, 0) is 31.9 Å². The molecule has 0 atom stereocenters. The van der Waals surface area contributed by atoms with Crippen molar-refractivity contribution >= 4 is 5.91 Å². The molecular formula is C15H22N2O3. The van der Waals surface area contributed by atoms with Gasteiger partial charge in [0.15, 0.2) is 0 Å². The Kier molecular flexibility index (Phi) is 4.98. The molecule has 5 heteroatoms. The van der Waals surface area contributed by atoms with Crippen LogP contribution in [0.5, 0.6) is 5.75 Å². The summed E-state index contributed by atoms with van der Waals surface area (Å²) in [4.78, 5) is 14.2. The van der Waals surface area contributed by atoms with Crippen molar-refractivity contribution in [2.45, 2.75) is 25.9 Å². The molecule has 3 N–H and O–H groups in total. The van der Waals surface area contributed by atoms with Crippen molar-refractivity contribution in [1.82, 2.24) is 4.90 Å².